The summed E-state index contributed by atoms with van der Waals surface area (Å²) in [6.45, 7) is 2.00. The van der Waals surface area contributed by atoms with E-state index in [9.17, 15) is 14.9 Å². The molecule has 120 valence electrons. The molecule has 0 saturated heterocycles. The highest BCUT2D eigenvalue weighted by Crippen LogP contribution is 2.18. The number of nitro benzene ring substituents is 1. The van der Waals surface area contributed by atoms with Crippen molar-refractivity contribution in [2.75, 3.05) is 11.9 Å². The molecular weight excluding hydrogens is 318 g/mol. The van der Waals surface area contributed by atoms with Crippen LogP contribution in [0.3, 0.4) is 0 Å². The van der Waals surface area contributed by atoms with Gasteiger partial charge in [0.2, 0.25) is 5.91 Å². The van der Waals surface area contributed by atoms with E-state index >= 15 is 0 Å². The van der Waals surface area contributed by atoms with Crippen molar-refractivity contribution in [2.45, 2.75) is 13.0 Å². The van der Waals surface area contributed by atoms with Gasteiger partial charge in [0, 0.05) is 28.9 Å². The maximum atomic E-state index is 11.9. The summed E-state index contributed by atoms with van der Waals surface area (Å²) in [5.74, 6) is -0.278. The molecule has 2 aromatic rings. The molecule has 0 unspecified atom stereocenters. The van der Waals surface area contributed by atoms with Gasteiger partial charge in [0.25, 0.3) is 5.69 Å². The number of benzene rings is 2. The number of nitrogens with one attached hydrogen (secondary N) is 2. The van der Waals surface area contributed by atoms with Gasteiger partial charge in [-0.2, -0.15) is 0 Å². The largest absolute Gasteiger partial charge is 0.325 e. The Bertz CT molecular complexity index is 721. The molecule has 0 aromatic heterocycles. The number of amides is 1. The molecule has 2 N–H and O–H groups in total. The van der Waals surface area contributed by atoms with E-state index < -0.39 is 4.92 Å². The lowest BCUT2D eigenvalue weighted by molar-refractivity contribution is -0.384. The molecule has 0 heterocycles. The van der Waals surface area contributed by atoms with E-state index in [2.05, 4.69) is 10.6 Å². The molecule has 0 saturated carbocycles. The van der Waals surface area contributed by atoms with E-state index in [-0.39, 0.29) is 24.2 Å². The van der Waals surface area contributed by atoms with Crippen molar-refractivity contribution in [3.05, 3.63) is 69.2 Å². The maximum absolute atomic E-state index is 11.9. The van der Waals surface area contributed by atoms with Crippen LogP contribution in [0.4, 0.5) is 11.4 Å². The molecule has 6 nitrogen and oxygen atoms in total. The number of nitrogens with zero attached hydrogens (tertiary/aromatic N) is 1. The normalized spacial score (nSPS) is 11.7. The predicted octanol–water partition coefficient (Wildman–Crippen LogP) is 3.54. The monoisotopic (exact) mass is 333 g/mol. The Morgan fingerprint density at radius 2 is 2.00 bits per heavy atom. The van der Waals surface area contributed by atoms with E-state index in [0.29, 0.717) is 10.7 Å². The van der Waals surface area contributed by atoms with Gasteiger partial charge in [0.15, 0.2) is 0 Å². The standard InChI is InChI=1S/C16H16ClN3O3/c1-11(12-4-2-5-13(17)8-12)18-10-16(21)19-14-6-3-7-15(9-14)20(22)23/h2-9,11,18H,10H2,1H3,(H,19,21)/t11-/m0/s1. The summed E-state index contributed by atoms with van der Waals surface area (Å²) in [5.41, 5.74) is 1.30. The van der Waals surface area contributed by atoms with Crippen LogP contribution in [-0.4, -0.2) is 17.4 Å². The molecule has 23 heavy (non-hydrogen) atoms. The third kappa shape index (κ3) is 5.05. The van der Waals surface area contributed by atoms with Crippen LogP contribution in [0.1, 0.15) is 18.5 Å². The molecule has 0 spiro atoms. The number of hydrogen-bond donors (Lipinski definition) is 2. The number of carbonyl (C=O) groups excluding carboxylic acids is 1. The zero-order valence-electron chi connectivity index (χ0n) is 12.5. The second kappa shape index (κ2) is 7.71. The van der Waals surface area contributed by atoms with Gasteiger partial charge in [0.05, 0.1) is 11.5 Å². The molecule has 0 aliphatic rings. The van der Waals surface area contributed by atoms with Crippen molar-refractivity contribution >= 4 is 28.9 Å². The molecule has 7 heteroatoms. The Kier molecular flexibility index (Phi) is 5.67. The highest BCUT2D eigenvalue weighted by atomic mass is 35.5. The summed E-state index contributed by atoms with van der Waals surface area (Å²) >= 11 is 5.94. The average Bonchev–Trinajstić information content (AvgIpc) is 2.53. The number of halogens is 1. The summed E-state index contributed by atoms with van der Waals surface area (Å²) in [5, 5.41) is 17.0. The number of carbonyl (C=O) groups is 1. The van der Waals surface area contributed by atoms with E-state index in [0.717, 1.165) is 5.56 Å². The number of hydrogen-bond acceptors (Lipinski definition) is 4. The Labute approximate surface area is 138 Å². The number of rotatable bonds is 6. The number of non-ortho nitro benzene ring substituents is 1. The molecule has 0 fully saturated rings. The zero-order chi connectivity index (χ0) is 16.8. The van der Waals surface area contributed by atoms with Crippen LogP contribution in [0.2, 0.25) is 5.02 Å². The van der Waals surface area contributed by atoms with Crippen LogP contribution < -0.4 is 10.6 Å². The molecule has 0 radical (unpaired) electrons. The second-order valence-electron chi connectivity index (χ2n) is 5.01. The zero-order valence-corrected chi connectivity index (χ0v) is 13.2. The third-order valence-electron chi connectivity index (χ3n) is 3.26. The lowest BCUT2D eigenvalue weighted by Gasteiger charge is -2.14. The van der Waals surface area contributed by atoms with Gasteiger partial charge in [-0.1, -0.05) is 29.8 Å². The van der Waals surface area contributed by atoms with Crippen LogP contribution in [-0.2, 0) is 4.79 Å². The maximum Gasteiger partial charge on any atom is 0.271 e. The van der Waals surface area contributed by atoms with E-state index in [4.69, 9.17) is 11.6 Å². The molecule has 2 rings (SSSR count). The van der Waals surface area contributed by atoms with Crippen molar-refractivity contribution in [3.8, 4) is 0 Å². The van der Waals surface area contributed by atoms with Crippen molar-refractivity contribution in [2.24, 2.45) is 0 Å². The fourth-order valence-corrected chi connectivity index (χ4v) is 2.24. The topological polar surface area (TPSA) is 84.3 Å². The third-order valence-corrected chi connectivity index (χ3v) is 3.49. The van der Waals surface area contributed by atoms with E-state index in [1.54, 1.807) is 12.1 Å². The fraction of sp³-hybridized carbons (Fsp3) is 0.188. The lowest BCUT2D eigenvalue weighted by atomic mass is 10.1. The SMILES string of the molecule is C[C@H](NCC(=O)Nc1cccc([N+](=O)[O-])c1)c1cccc(Cl)c1. The fourth-order valence-electron chi connectivity index (χ4n) is 2.04. The van der Waals surface area contributed by atoms with Gasteiger partial charge in [0.1, 0.15) is 0 Å². The number of nitro groups is 1. The minimum atomic E-state index is -0.505. The first-order valence-corrected chi connectivity index (χ1v) is 7.36. The van der Waals surface area contributed by atoms with Crippen molar-refractivity contribution in [1.29, 1.82) is 0 Å². The molecule has 2 aromatic carbocycles. The van der Waals surface area contributed by atoms with Crippen LogP contribution in [0.5, 0.6) is 0 Å². The highest BCUT2D eigenvalue weighted by molar-refractivity contribution is 6.30. The van der Waals surface area contributed by atoms with Crippen LogP contribution in [0, 0.1) is 10.1 Å². The first kappa shape index (κ1) is 16.9. The Morgan fingerprint density at radius 1 is 1.26 bits per heavy atom. The van der Waals surface area contributed by atoms with E-state index in [1.807, 2.05) is 25.1 Å². The first-order valence-electron chi connectivity index (χ1n) is 6.99. The van der Waals surface area contributed by atoms with Gasteiger partial charge in [-0.3, -0.25) is 14.9 Å². The van der Waals surface area contributed by atoms with Gasteiger partial charge < -0.3 is 10.6 Å². The van der Waals surface area contributed by atoms with Gasteiger partial charge in [-0.15, -0.1) is 0 Å². The predicted molar refractivity (Wildman–Crippen MR) is 89.6 cm³/mol. The summed E-state index contributed by atoms with van der Waals surface area (Å²) in [4.78, 5) is 22.1. The van der Waals surface area contributed by atoms with Crippen LogP contribution >= 0.6 is 11.6 Å². The Hall–Kier alpha value is -2.44. The quantitative estimate of drug-likeness (QED) is 0.625. The first-order chi connectivity index (χ1) is 11.0. The van der Waals surface area contributed by atoms with Gasteiger partial charge in [-0.05, 0) is 30.7 Å². The van der Waals surface area contributed by atoms with Gasteiger partial charge >= 0.3 is 0 Å². The molecule has 1 amide bonds. The minimum absolute atomic E-state index is 0.0513. The number of anilines is 1. The molecule has 1 atom stereocenters. The molecule has 0 aliphatic heterocycles. The Morgan fingerprint density at radius 3 is 2.70 bits per heavy atom. The minimum Gasteiger partial charge on any atom is -0.325 e. The smallest absolute Gasteiger partial charge is 0.271 e. The van der Waals surface area contributed by atoms with Crippen molar-refractivity contribution < 1.29 is 9.72 Å². The van der Waals surface area contributed by atoms with Crippen LogP contribution in [0.15, 0.2) is 48.5 Å². The molecule has 0 bridgehead atoms. The van der Waals surface area contributed by atoms with Crippen LogP contribution in [0.25, 0.3) is 0 Å². The summed E-state index contributed by atoms with van der Waals surface area (Å²) < 4.78 is 0. The summed E-state index contributed by atoms with van der Waals surface area (Å²) in [7, 11) is 0. The second-order valence-corrected chi connectivity index (χ2v) is 5.45. The highest BCUT2D eigenvalue weighted by Gasteiger charge is 2.10. The van der Waals surface area contributed by atoms with Gasteiger partial charge in [-0.25, -0.2) is 0 Å². The van der Waals surface area contributed by atoms with Crippen molar-refractivity contribution in [1.82, 2.24) is 5.32 Å². The summed E-state index contributed by atoms with van der Waals surface area (Å²) in [6.07, 6.45) is 0. The Balaban J connectivity index is 1.90. The van der Waals surface area contributed by atoms with Crippen molar-refractivity contribution in [3.63, 3.8) is 0 Å². The lowest BCUT2D eigenvalue weighted by Crippen LogP contribution is -2.30. The van der Waals surface area contributed by atoms with E-state index in [1.165, 1.54) is 18.2 Å². The summed E-state index contributed by atoms with van der Waals surface area (Å²) in [6, 6.07) is 13.1. The average molecular weight is 334 g/mol. The molecular formula is C16H16ClN3O3. The molecule has 0 aliphatic carbocycles.